The zero-order valence-corrected chi connectivity index (χ0v) is 7.31. The van der Waals surface area contributed by atoms with E-state index in [2.05, 4.69) is 21.0 Å². The normalized spacial score (nSPS) is 28.6. The fraction of sp³-hybridized carbons (Fsp3) is 0.833. The second-order valence-corrected chi connectivity index (χ2v) is 3.42. The molecule has 0 saturated carbocycles. The highest BCUT2D eigenvalue weighted by atomic mass is 31.0. The van der Waals surface area contributed by atoms with Crippen molar-refractivity contribution in [3.8, 4) is 0 Å². The molecule has 0 aliphatic carbocycles. The summed E-state index contributed by atoms with van der Waals surface area (Å²) in [6.07, 6.45) is 0.933. The van der Waals surface area contributed by atoms with Crippen molar-refractivity contribution in [2.75, 3.05) is 19.6 Å². The highest BCUT2D eigenvalue weighted by molar-refractivity contribution is 7.13. The Kier molecular flexibility index (Phi) is 2.64. The second kappa shape index (κ2) is 3.31. The summed E-state index contributed by atoms with van der Waals surface area (Å²) in [6, 6.07) is 0.365. The third-order valence-electron chi connectivity index (χ3n) is 1.85. The van der Waals surface area contributed by atoms with Crippen LogP contribution in [0.25, 0.3) is 0 Å². The first-order valence-electron chi connectivity index (χ1n) is 3.44. The minimum atomic E-state index is 0.365. The van der Waals surface area contributed by atoms with Crippen LogP contribution in [-0.4, -0.2) is 41.7 Å². The first kappa shape index (κ1) is 7.96. The molecular weight excluding hydrogens is 147 g/mol. The maximum Gasteiger partial charge on any atom is 0.210 e. The van der Waals surface area contributed by atoms with Crippen LogP contribution < -0.4 is 0 Å². The molecule has 0 bridgehead atoms. The summed E-state index contributed by atoms with van der Waals surface area (Å²) in [5.41, 5.74) is 0. The molecule has 0 radical (unpaired) electrons. The topological polar surface area (TPSA) is 23.6 Å². The molecule has 0 aromatic carbocycles. The monoisotopic (exact) mass is 160 g/mol. The van der Waals surface area contributed by atoms with Crippen molar-refractivity contribution in [1.29, 1.82) is 0 Å². The minimum absolute atomic E-state index is 0.365. The number of piperazine rings is 1. The van der Waals surface area contributed by atoms with Gasteiger partial charge in [-0.2, -0.15) is 0 Å². The lowest BCUT2D eigenvalue weighted by Gasteiger charge is -2.35. The van der Waals surface area contributed by atoms with Gasteiger partial charge in [-0.3, -0.25) is 9.46 Å². The van der Waals surface area contributed by atoms with E-state index in [4.69, 9.17) is 0 Å². The predicted molar refractivity (Wildman–Crippen MR) is 43.5 cm³/mol. The average molecular weight is 160 g/mol. The molecule has 1 aliphatic rings. The zero-order chi connectivity index (χ0) is 7.56. The van der Waals surface area contributed by atoms with Crippen LogP contribution in [0, 0.1) is 0 Å². The number of carbonyl (C=O) groups is 1. The first-order chi connectivity index (χ1) is 4.74. The van der Waals surface area contributed by atoms with Crippen LogP contribution in [0.5, 0.6) is 0 Å². The number of hydrogen-bond acceptors (Lipinski definition) is 2. The predicted octanol–water partition coefficient (Wildman–Crippen LogP) is -0.0610. The molecule has 1 amide bonds. The minimum Gasteiger partial charge on any atom is -0.340 e. The van der Waals surface area contributed by atoms with Gasteiger partial charge in [0.15, 0.2) is 0 Å². The summed E-state index contributed by atoms with van der Waals surface area (Å²) in [5.74, 6) is 0. The molecule has 1 saturated heterocycles. The van der Waals surface area contributed by atoms with Crippen molar-refractivity contribution in [2.45, 2.75) is 13.0 Å². The molecule has 0 aromatic heterocycles. The van der Waals surface area contributed by atoms with Crippen LogP contribution >= 0.6 is 9.39 Å². The quantitative estimate of drug-likeness (QED) is 0.396. The standard InChI is InChI=1S/C6H13N2OP/c1-6-4-8(10)3-2-7(6)5-9/h5-6H,2-4,10H2,1H3. The Morgan fingerprint density at radius 2 is 2.30 bits per heavy atom. The van der Waals surface area contributed by atoms with Crippen molar-refractivity contribution in [1.82, 2.24) is 9.57 Å². The van der Waals surface area contributed by atoms with Crippen molar-refractivity contribution in [2.24, 2.45) is 0 Å². The Bertz CT molecular complexity index is 131. The fourth-order valence-corrected chi connectivity index (χ4v) is 1.58. The van der Waals surface area contributed by atoms with E-state index < -0.39 is 0 Å². The lowest BCUT2D eigenvalue weighted by atomic mass is 10.2. The van der Waals surface area contributed by atoms with Gasteiger partial charge in [0.2, 0.25) is 6.41 Å². The van der Waals surface area contributed by atoms with Crippen molar-refractivity contribution < 1.29 is 4.79 Å². The molecule has 2 atom stereocenters. The van der Waals surface area contributed by atoms with E-state index in [-0.39, 0.29) is 0 Å². The van der Waals surface area contributed by atoms with Gasteiger partial charge in [0.25, 0.3) is 0 Å². The number of rotatable bonds is 1. The summed E-state index contributed by atoms with van der Waals surface area (Å²) in [5, 5.41) is 0. The average Bonchev–Trinajstić information content (AvgIpc) is 1.88. The van der Waals surface area contributed by atoms with Gasteiger partial charge in [0.1, 0.15) is 0 Å². The van der Waals surface area contributed by atoms with Gasteiger partial charge < -0.3 is 4.90 Å². The summed E-state index contributed by atoms with van der Waals surface area (Å²) < 4.78 is 2.16. The van der Waals surface area contributed by atoms with Crippen LogP contribution in [0.1, 0.15) is 6.92 Å². The van der Waals surface area contributed by atoms with Gasteiger partial charge >= 0.3 is 0 Å². The van der Waals surface area contributed by atoms with E-state index in [9.17, 15) is 4.79 Å². The molecule has 1 heterocycles. The number of carbonyl (C=O) groups excluding carboxylic acids is 1. The largest absolute Gasteiger partial charge is 0.340 e. The van der Waals surface area contributed by atoms with E-state index in [0.717, 1.165) is 26.0 Å². The Balaban J connectivity index is 2.43. The molecular formula is C6H13N2OP. The molecule has 58 valence electrons. The van der Waals surface area contributed by atoms with Crippen LogP contribution in [0.4, 0.5) is 0 Å². The van der Waals surface area contributed by atoms with Gasteiger partial charge in [-0.15, -0.1) is 0 Å². The Morgan fingerprint density at radius 1 is 1.60 bits per heavy atom. The molecule has 4 heteroatoms. The maximum atomic E-state index is 10.4. The summed E-state index contributed by atoms with van der Waals surface area (Å²) >= 11 is 0. The number of nitrogens with zero attached hydrogens (tertiary/aromatic N) is 2. The van der Waals surface area contributed by atoms with Gasteiger partial charge in [-0.05, 0) is 6.92 Å². The SMILES string of the molecule is CC1CN(P)CCN1C=O. The van der Waals surface area contributed by atoms with Crippen molar-refractivity contribution in [3.63, 3.8) is 0 Å². The fourth-order valence-electron chi connectivity index (χ4n) is 1.16. The Labute approximate surface area is 63.6 Å². The molecule has 1 fully saturated rings. The highest BCUT2D eigenvalue weighted by Crippen LogP contribution is 2.09. The van der Waals surface area contributed by atoms with Crippen LogP contribution in [0.2, 0.25) is 0 Å². The van der Waals surface area contributed by atoms with E-state index in [0.29, 0.717) is 6.04 Å². The van der Waals surface area contributed by atoms with E-state index in [1.807, 2.05) is 4.90 Å². The third kappa shape index (κ3) is 1.68. The molecule has 2 unspecified atom stereocenters. The second-order valence-electron chi connectivity index (χ2n) is 2.69. The first-order valence-corrected chi connectivity index (χ1v) is 3.96. The molecule has 0 N–H and O–H groups in total. The third-order valence-corrected chi connectivity index (χ3v) is 2.31. The summed E-state index contributed by atoms with van der Waals surface area (Å²) in [6.45, 7) is 4.84. The van der Waals surface area contributed by atoms with Crippen molar-refractivity contribution in [3.05, 3.63) is 0 Å². The van der Waals surface area contributed by atoms with Crippen LogP contribution in [0.3, 0.4) is 0 Å². The smallest absolute Gasteiger partial charge is 0.210 e. The number of hydrogen-bond donors (Lipinski definition) is 0. The van der Waals surface area contributed by atoms with Crippen LogP contribution in [-0.2, 0) is 4.79 Å². The zero-order valence-electron chi connectivity index (χ0n) is 6.16. The Morgan fingerprint density at radius 3 is 2.80 bits per heavy atom. The summed E-state index contributed by atoms with van der Waals surface area (Å²) in [7, 11) is 2.66. The lowest BCUT2D eigenvalue weighted by Crippen LogP contribution is -2.47. The van der Waals surface area contributed by atoms with Gasteiger partial charge in [-0.25, -0.2) is 0 Å². The Hall–Kier alpha value is -0.140. The lowest BCUT2D eigenvalue weighted by molar-refractivity contribution is -0.121. The molecule has 3 nitrogen and oxygen atoms in total. The molecule has 0 aromatic rings. The number of amides is 1. The summed E-state index contributed by atoms with van der Waals surface area (Å²) in [4.78, 5) is 12.2. The van der Waals surface area contributed by atoms with Crippen LogP contribution in [0.15, 0.2) is 0 Å². The molecule has 1 aliphatic heterocycles. The molecule has 1 rings (SSSR count). The maximum absolute atomic E-state index is 10.4. The van der Waals surface area contributed by atoms with Crippen molar-refractivity contribution >= 4 is 15.8 Å². The van der Waals surface area contributed by atoms with E-state index in [1.54, 1.807) is 0 Å². The molecule has 0 spiro atoms. The van der Waals surface area contributed by atoms with Gasteiger partial charge in [0, 0.05) is 25.7 Å². The van der Waals surface area contributed by atoms with Gasteiger partial charge in [-0.1, -0.05) is 9.39 Å². The van der Waals surface area contributed by atoms with Gasteiger partial charge in [0.05, 0.1) is 0 Å². The molecule has 10 heavy (non-hydrogen) atoms. The van der Waals surface area contributed by atoms with E-state index in [1.165, 1.54) is 0 Å². The highest BCUT2D eigenvalue weighted by Gasteiger charge is 2.18. The van der Waals surface area contributed by atoms with E-state index >= 15 is 0 Å².